The molecule has 0 saturated carbocycles. The van der Waals surface area contributed by atoms with Gasteiger partial charge in [0.05, 0.1) is 11.6 Å². The number of hydrogen-bond acceptors (Lipinski definition) is 1. The summed E-state index contributed by atoms with van der Waals surface area (Å²) in [6, 6.07) is 7.83. The highest BCUT2D eigenvalue weighted by Crippen LogP contribution is 2.19. The Bertz CT molecular complexity index is 318. The molecule has 12 heavy (non-hydrogen) atoms. The van der Waals surface area contributed by atoms with E-state index in [-0.39, 0.29) is 5.92 Å². The first-order valence-electron chi connectivity index (χ1n) is 3.99. The Morgan fingerprint density at radius 2 is 2.17 bits per heavy atom. The van der Waals surface area contributed by atoms with Crippen molar-refractivity contribution in [1.29, 1.82) is 5.26 Å². The molecule has 1 heteroatoms. The molecule has 0 fully saturated rings. The molecule has 0 spiro atoms. The van der Waals surface area contributed by atoms with Gasteiger partial charge in [0.25, 0.3) is 0 Å². The highest BCUT2D eigenvalue weighted by atomic mass is 14.2. The first-order chi connectivity index (χ1) is 5.65. The number of rotatable bonds is 1. The average Bonchev–Trinajstić information content (AvgIpc) is 2.05. The minimum absolute atomic E-state index is 0.248. The normalized spacial score (nSPS) is 9.92. The van der Waals surface area contributed by atoms with E-state index < -0.39 is 0 Å². The summed E-state index contributed by atoms with van der Waals surface area (Å²) in [5.74, 6) is 0.248. The van der Waals surface area contributed by atoms with Crippen molar-refractivity contribution in [2.24, 2.45) is 0 Å². The highest BCUT2D eigenvalue weighted by molar-refractivity contribution is 5.39. The molecule has 0 saturated heterocycles. The van der Waals surface area contributed by atoms with Crippen molar-refractivity contribution in [3.8, 4) is 6.07 Å². The van der Waals surface area contributed by atoms with E-state index in [1.807, 2.05) is 32.0 Å². The van der Waals surface area contributed by atoms with Crippen LogP contribution in [0, 0.1) is 25.2 Å². The summed E-state index contributed by atoms with van der Waals surface area (Å²) in [7, 11) is 0. The van der Waals surface area contributed by atoms with E-state index in [9.17, 15) is 0 Å². The Morgan fingerprint density at radius 3 is 2.67 bits per heavy atom. The molecule has 0 aliphatic carbocycles. The lowest BCUT2D eigenvalue weighted by atomic mass is 9.96. The lowest BCUT2D eigenvalue weighted by Crippen LogP contribution is -1.92. The molecule has 1 rings (SSSR count). The molecule has 0 bridgehead atoms. The van der Waals surface area contributed by atoms with Gasteiger partial charge >= 0.3 is 0 Å². The topological polar surface area (TPSA) is 23.8 Å². The highest BCUT2D eigenvalue weighted by Gasteiger charge is 2.03. The predicted molar refractivity (Wildman–Crippen MR) is 49.7 cm³/mol. The van der Waals surface area contributed by atoms with Crippen molar-refractivity contribution in [2.75, 3.05) is 0 Å². The largest absolute Gasteiger partial charge is 0.192 e. The summed E-state index contributed by atoms with van der Waals surface area (Å²) in [5, 5.41) is 8.66. The third kappa shape index (κ3) is 1.65. The van der Waals surface area contributed by atoms with Crippen molar-refractivity contribution in [3.63, 3.8) is 0 Å². The summed E-state index contributed by atoms with van der Waals surface area (Å²) >= 11 is 0. The Labute approximate surface area is 73.6 Å². The van der Waals surface area contributed by atoms with Gasteiger partial charge in [0.1, 0.15) is 0 Å². The summed E-state index contributed by atoms with van der Waals surface area (Å²) in [5.41, 5.74) is 3.08. The van der Waals surface area contributed by atoms with E-state index in [1.165, 1.54) is 5.56 Å². The van der Waals surface area contributed by atoms with E-state index >= 15 is 0 Å². The summed E-state index contributed by atoms with van der Waals surface area (Å²) in [6.45, 7) is 8.01. The lowest BCUT2D eigenvalue weighted by Gasteiger charge is -2.08. The fourth-order valence-corrected chi connectivity index (χ4v) is 1.24. The van der Waals surface area contributed by atoms with Gasteiger partial charge < -0.3 is 0 Å². The molecule has 61 valence electrons. The minimum Gasteiger partial charge on any atom is -0.192 e. The maximum atomic E-state index is 8.66. The maximum Gasteiger partial charge on any atom is 0.0991 e. The zero-order valence-corrected chi connectivity index (χ0v) is 7.46. The molecule has 1 aromatic carbocycles. The van der Waals surface area contributed by atoms with E-state index in [2.05, 4.69) is 13.0 Å². The van der Waals surface area contributed by atoms with E-state index in [1.54, 1.807) is 0 Å². The number of nitrogens with zero attached hydrogens (tertiary/aromatic N) is 1. The molecule has 0 aliphatic heterocycles. The van der Waals surface area contributed by atoms with E-state index in [0.29, 0.717) is 5.56 Å². The molecule has 0 amide bonds. The molecule has 0 N–H and O–H groups in total. The van der Waals surface area contributed by atoms with Gasteiger partial charge in [-0.15, -0.1) is 0 Å². The van der Waals surface area contributed by atoms with Crippen LogP contribution in [0.1, 0.15) is 29.5 Å². The van der Waals surface area contributed by atoms with Crippen molar-refractivity contribution in [1.82, 2.24) is 0 Å². The van der Waals surface area contributed by atoms with Crippen molar-refractivity contribution in [3.05, 3.63) is 41.8 Å². The third-order valence-electron chi connectivity index (χ3n) is 1.94. The second kappa shape index (κ2) is 3.40. The molecule has 1 radical (unpaired) electrons. The summed E-state index contributed by atoms with van der Waals surface area (Å²) in [6.07, 6.45) is 0. The SMILES string of the molecule is [CH2]C(C)c1cc(C#N)ccc1C. The van der Waals surface area contributed by atoms with Gasteiger partial charge in [0.2, 0.25) is 0 Å². The number of hydrogen-bond donors (Lipinski definition) is 0. The van der Waals surface area contributed by atoms with Crippen LogP contribution in [0.25, 0.3) is 0 Å². The van der Waals surface area contributed by atoms with Crippen LogP contribution in [0.5, 0.6) is 0 Å². The predicted octanol–water partition coefficient (Wildman–Crippen LogP) is 2.80. The molecule has 1 aromatic rings. The molecule has 1 unspecified atom stereocenters. The quantitative estimate of drug-likeness (QED) is 0.616. The fourth-order valence-electron chi connectivity index (χ4n) is 1.24. The van der Waals surface area contributed by atoms with Crippen LogP contribution in [0.15, 0.2) is 18.2 Å². The number of benzene rings is 1. The van der Waals surface area contributed by atoms with Crippen LogP contribution in [-0.2, 0) is 0 Å². The molecular formula is C11H12N. The van der Waals surface area contributed by atoms with Crippen LogP contribution in [0.3, 0.4) is 0 Å². The van der Waals surface area contributed by atoms with E-state index in [4.69, 9.17) is 5.26 Å². The molecule has 0 aromatic heterocycles. The average molecular weight is 158 g/mol. The molecule has 1 nitrogen and oxygen atoms in total. The Kier molecular flexibility index (Phi) is 2.50. The van der Waals surface area contributed by atoms with Crippen LogP contribution in [0.2, 0.25) is 0 Å². The Morgan fingerprint density at radius 1 is 1.50 bits per heavy atom. The molecule has 0 heterocycles. The fraction of sp³-hybridized carbons (Fsp3) is 0.273. The number of aryl methyl sites for hydroxylation is 1. The zero-order chi connectivity index (χ0) is 9.14. The van der Waals surface area contributed by atoms with Gasteiger partial charge in [-0.05, 0) is 43.0 Å². The van der Waals surface area contributed by atoms with Crippen LogP contribution >= 0.6 is 0 Å². The van der Waals surface area contributed by atoms with Crippen molar-refractivity contribution >= 4 is 0 Å². The summed E-state index contributed by atoms with van der Waals surface area (Å²) in [4.78, 5) is 0. The second-order valence-electron chi connectivity index (χ2n) is 3.08. The minimum atomic E-state index is 0.248. The monoisotopic (exact) mass is 158 g/mol. The van der Waals surface area contributed by atoms with Gasteiger partial charge in [-0.3, -0.25) is 0 Å². The van der Waals surface area contributed by atoms with Gasteiger partial charge in [0, 0.05) is 0 Å². The first kappa shape index (κ1) is 8.80. The maximum absolute atomic E-state index is 8.66. The van der Waals surface area contributed by atoms with Crippen molar-refractivity contribution in [2.45, 2.75) is 19.8 Å². The lowest BCUT2D eigenvalue weighted by molar-refractivity contribution is 0.948. The van der Waals surface area contributed by atoms with Crippen LogP contribution in [0.4, 0.5) is 0 Å². The van der Waals surface area contributed by atoms with Crippen molar-refractivity contribution < 1.29 is 0 Å². The van der Waals surface area contributed by atoms with Crippen LogP contribution < -0.4 is 0 Å². The van der Waals surface area contributed by atoms with Crippen LogP contribution in [-0.4, -0.2) is 0 Å². The first-order valence-corrected chi connectivity index (χ1v) is 3.99. The molecular weight excluding hydrogens is 146 g/mol. The van der Waals surface area contributed by atoms with Gasteiger partial charge in [-0.2, -0.15) is 5.26 Å². The molecule has 0 aliphatic rings. The van der Waals surface area contributed by atoms with E-state index in [0.717, 1.165) is 5.56 Å². The van der Waals surface area contributed by atoms with Gasteiger partial charge in [0.15, 0.2) is 0 Å². The zero-order valence-electron chi connectivity index (χ0n) is 7.46. The molecule has 1 atom stereocenters. The number of nitriles is 1. The Hall–Kier alpha value is -1.29. The second-order valence-corrected chi connectivity index (χ2v) is 3.08. The third-order valence-corrected chi connectivity index (χ3v) is 1.94. The Balaban J connectivity index is 3.19. The summed E-state index contributed by atoms with van der Waals surface area (Å²) < 4.78 is 0. The smallest absolute Gasteiger partial charge is 0.0991 e. The van der Waals surface area contributed by atoms with Gasteiger partial charge in [-0.25, -0.2) is 0 Å². The van der Waals surface area contributed by atoms with Gasteiger partial charge in [-0.1, -0.05) is 13.0 Å². The standard InChI is InChI=1S/C11H12N/c1-8(2)11-6-10(7-12)5-4-9(11)3/h4-6,8H,1H2,2-3H3.